The van der Waals surface area contributed by atoms with Gasteiger partial charge < -0.3 is 31.5 Å². The molecule has 0 saturated carbocycles. The Kier molecular flexibility index (Phi) is 12.2. The van der Waals surface area contributed by atoms with Gasteiger partial charge in [0.25, 0.3) is 0 Å². The maximum Gasteiger partial charge on any atom is 0.326 e. The predicted molar refractivity (Wildman–Crippen MR) is 124 cm³/mol. The fraction of sp³-hybridized carbons (Fsp3) is 0.762. The van der Waals surface area contributed by atoms with Crippen molar-refractivity contribution in [3.05, 3.63) is 0 Å². The minimum absolute atomic E-state index is 0.148. The van der Waals surface area contributed by atoms with E-state index in [0.717, 1.165) is 0 Å². The number of carboxylic acid groups (broad SMARTS) is 2. The van der Waals surface area contributed by atoms with Gasteiger partial charge in [0.1, 0.15) is 18.1 Å². The molecule has 1 rings (SSSR count). The third-order valence-corrected chi connectivity index (χ3v) is 6.03. The number of nitrogens with zero attached hydrogens (tertiary/aromatic N) is 1. The molecule has 1 aliphatic rings. The van der Waals surface area contributed by atoms with E-state index < -0.39 is 53.8 Å². The van der Waals surface area contributed by atoms with E-state index in [2.05, 4.69) is 10.6 Å². The van der Waals surface area contributed by atoms with Gasteiger partial charge in [0.05, 0.1) is 6.04 Å². The van der Waals surface area contributed by atoms with Crippen molar-refractivity contribution in [1.82, 2.24) is 15.5 Å². The van der Waals surface area contributed by atoms with Crippen LogP contribution in [-0.4, -0.2) is 87.5 Å². The first kappa shape index (κ1) is 28.7. The van der Waals surface area contributed by atoms with Gasteiger partial charge in [0, 0.05) is 13.0 Å². The zero-order valence-electron chi connectivity index (χ0n) is 19.4. The Morgan fingerprint density at radius 1 is 1.09 bits per heavy atom. The van der Waals surface area contributed by atoms with Gasteiger partial charge >= 0.3 is 11.9 Å². The van der Waals surface area contributed by atoms with Crippen LogP contribution in [0.15, 0.2) is 0 Å². The topological polar surface area (TPSA) is 179 Å². The van der Waals surface area contributed by atoms with Gasteiger partial charge in [-0.25, -0.2) is 4.79 Å². The number of aliphatic carboxylic acids is 2. The first-order chi connectivity index (χ1) is 15.5. The molecular weight excluding hydrogens is 452 g/mol. The van der Waals surface area contributed by atoms with Gasteiger partial charge in [-0.1, -0.05) is 13.8 Å². The monoisotopic (exact) mass is 488 g/mol. The van der Waals surface area contributed by atoms with Gasteiger partial charge in [-0.05, 0) is 50.0 Å². The molecule has 4 unspecified atom stereocenters. The van der Waals surface area contributed by atoms with Crippen LogP contribution in [0.1, 0.15) is 52.4 Å². The van der Waals surface area contributed by atoms with Crippen molar-refractivity contribution in [2.24, 2.45) is 11.7 Å². The molecule has 4 atom stereocenters. The van der Waals surface area contributed by atoms with Crippen LogP contribution in [0.2, 0.25) is 0 Å². The number of hydrogen-bond acceptors (Lipinski definition) is 7. The predicted octanol–water partition coefficient (Wildman–Crippen LogP) is 0.0229. The molecule has 0 aromatic carbocycles. The Hall–Kier alpha value is -2.34. The van der Waals surface area contributed by atoms with Gasteiger partial charge in [-0.2, -0.15) is 11.8 Å². The second kappa shape index (κ2) is 14.0. The average Bonchev–Trinajstić information content (AvgIpc) is 3.22. The first-order valence-electron chi connectivity index (χ1n) is 11.1. The van der Waals surface area contributed by atoms with Crippen LogP contribution < -0.4 is 16.4 Å². The second-order valence-corrected chi connectivity index (χ2v) is 9.59. The number of carboxylic acids is 2. The second-order valence-electron chi connectivity index (χ2n) is 8.60. The fourth-order valence-corrected chi connectivity index (χ4v) is 4.15. The normalized spacial score (nSPS) is 18.5. The van der Waals surface area contributed by atoms with Crippen LogP contribution in [0.5, 0.6) is 0 Å². The SMILES string of the molecule is CSCCC(NC(=O)C1CCCN1C(=O)C(CCC(=O)O)NC(=O)C(N)CC(C)C)C(=O)O. The van der Waals surface area contributed by atoms with Crippen molar-refractivity contribution < 1.29 is 34.2 Å². The molecule has 6 N–H and O–H groups in total. The lowest BCUT2D eigenvalue weighted by molar-refractivity contribution is -0.145. The molecular formula is C21H36N4O7S. The summed E-state index contributed by atoms with van der Waals surface area (Å²) < 4.78 is 0. The minimum atomic E-state index is -1.15. The maximum atomic E-state index is 13.2. The van der Waals surface area contributed by atoms with Crippen LogP contribution in [0, 0.1) is 5.92 Å². The van der Waals surface area contributed by atoms with E-state index in [4.69, 9.17) is 10.8 Å². The minimum Gasteiger partial charge on any atom is -0.481 e. The van der Waals surface area contributed by atoms with E-state index in [1.54, 1.807) is 0 Å². The Labute approximate surface area is 198 Å². The number of rotatable bonds is 14. The zero-order chi connectivity index (χ0) is 25.1. The molecule has 1 fully saturated rings. The molecule has 0 aliphatic carbocycles. The van der Waals surface area contributed by atoms with Gasteiger partial charge in [0.15, 0.2) is 0 Å². The van der Waals surface area contributed by atoms with E-state index in [1.807, 2.05) is 20.1 Å². The number of carbonyl (C=O) groups is 5. The summed E-state index contributed by atoms with van der Waals surface area (Å²) in [6.45, 7) is 4.05. The van der Waals surface area contributed by atoms with Gasteiger partial charge in [-0.3, -0.25) is 19.2 Å². The zero-order valence-corrected chi connectivity index (χ0v) is 20.2. The standard InChI is InChI=1S/C21H36N4O7S/c1-12(2)11-13(22)18(28)23-14(6-7-17(26)27)20(30)25-9-4-5-16(25)19(29)24-15(21(31)32)8-10-33-3/h12-16H,4-11,22H2,1-3H3,(H,23,28)(H,24,29)(H,26,27)(H,31,32). The Bertz CT molecular complexity index is 719. The molecule has 0 spiro atoms. The number of nitrogens with two attached hydrogens (primary N) is 1. The first-order valence-corrected chi connectivity index (χ1v) is 12.5. The number of amides is 3. The molecule has 0 aromatic heterocycles. The van der Waals surface area contributed by atoms with Crippen LogP contribution in [0.4, 0.5) is 0 Å². The Balaban J connectivity index is 2.95. The Morgan fingerprint density at radius 3 is 2.30 bits per heavy atom. The van der Waals surface area contributed by atoms with Crippen molar-refractivity contribution in [2.45, 2.75) is 76.5 Å². The molecule has 188 valence electrons. The molecule has 0 aromatic rings. The molecule has 1 heterocycles. The largest absolute Gasteiger partial charge is 0.481 e. The highest BCUT2D eigenvalue weighted by atomic mass is 32.2. The molecule has 1 aliphatic heterocycles. The number of nitrogens with one attached hydrogen (secondary N) is 2. The maximum absolute atomic E-state index is 13.2. The summed E-state index contributed by atoms with van der Waals surface area (Å²) in [5.74, 6) is -3.29. The van der Waals surface area contributed by atoms with E-state index in [-0.39, 0.29) is 31.7 Å². The quantitative estimate of drug-likeness (QED) is 0.225. The lowest BCUT2D eigenvalue weighted by atomic mass is 10.0. The highest BCUT2D eigenvalue weighted by Gasteiger charge is 2.39. The summed E-state index contributed by atoms with van der Waals surface area (Å²) in [6.07, 6.45) is 2.84. The summed E-state index contributed by atoms with van der Waals surface area (Å²) in [5.41, 5.74) is 5.90. The van der Waals surface area contributed by atoms with Crippen LogP contribution in [0.3, 0.4) is 0 Å². The van der Waals surface area contributed by atoms with Crippen molar-refractivity contribution in [2.75, 3.05) is 18.6 Å². The van der Waals surface area contributed by atoms with Crippen molar-refractivity contribution in [3.8, 4) is 0 Å². The van der Waals surface area contributed by atoms with Crippen LogP contribution in [0.25, 0.3) is 0 Å². The highest BCUT2D eigenvalue weighted by Crippen LogP contribution is 2.20. The Morgan fingerprint density at radius 2 is 1.76 bits per heavy atom. The number of thioether (sulfide) groups is 1. The highest BCUT2D eigenvalue weighted by molar-refractivity contribution is 7.98. The van der Waals surface area contributed by atoms with Crippen molar-refractivity contribution in [1.29, 1.82) is 0 Å². The average molecular weight is 489 g/mol. The lowest BCUT2D eigenvalue weighted by Crippen LogP contribution is -2.57. The third-order valence-electron chi connectivity index (χ3n) is 5.39. The van der Waals surface area contributed by atoms with Gasteiger partial charge in [-0.15, -0.1) is 0 Å². The fourth-order valence-electron chi connectivity index (χ4n) is 3.68. The summed E-state index contributed by atoms with van der Waals surface area (Å²) in [5, 5.41) is 23.5. The van der Waals surface area contributed by atoms with E-state index in [0.29, 0.717) is 25.0 Å². The molecule has 3 amide bonds. The molecule has 0 bridgehead atoms. The van der Waals surface area contributed by atoms with Crippen molar-refractivity contribution >= 4 is 41.4 Å². The van der Waals surface area contributed by atoms with Crippen LogP contribution >= 0.6 is 11.8 Å². The lowest BCUT2D eigenvalue weighted by Gasteiger charge is -2.30. The molecule has 12 heteroatoms. The summed E-state index contributed by atoms with van der Waals surface area (Å²) >= 11 is 1.46. The summed E-state index contributed by atoms with van der Waals surface area (Å²) in [6, 6.07) is -3.95. The van der Waals surface area contributed by atoms with E-state index in [1.165, 1.54) is 16.7 Å². The van der Waals surface area contributed by atoms with E-state index >= 15 is 0 Å². The number of carbonyl (C=O) groups excluding carboxylic acids is 3. The van der Waals surface area contributed by atoms with Crippen LogP contribution in [-0.2, 0) is 24.0 Å². The van der Waals surface area contributed by atoms with Crippen molar-refractivity contribution in [3.63, 3.8) is 0 Å². The summed E-state index contributed by atoms with van der Waals surface area (Å²) in [7, 11) is 0. The summed E-state index contributed by atoms with van der Waals surface area (Å²) in [4.78, 5) is 62.4. The van der Waals surface area contributed by atoms with Gasteiger partial charge in [0.2, 0.25) is 17.7 Å². The number of hydrogen-bond donors (Lipinski definition) is 5. The molecule has 1 saturated heterocycles. The number of likely N-dealkylation sites (tertiary alicyclic amines) is 1. The third kappa shape index (κ3) is 9.58. The molecule has 33 heavy (non-hydrogen) atoms. The molecule has 11 nitrogen and oxygen atoms in total. The molecule has 0 radical (unpaired) electrons. The smallest absolute Gasteiger partial charge is 0.326 e. The van der Waals surface area contributed by atoms with E-state index in [9.17, 15) is 29.1 Å².